The molecule has 0 N–H and O–H groups in total. The third-order valence-electron chi connectivity index (χ3n) is 5.79. The Labute approximate surface area is 188 Å². The average molecular weight is 443 g/mol. The number of terminal acetylenes is 1. The minimum absolute atomic E-state index is 0.00737. The van der Waals surface area contributed by atoms with Crippen molar-refractivity contribution in [2.24, 2.45) is 11.8 Å². The molecule has 1 saturated heterocycles. The maximum absolute atomic E-state index is 13.4. The first-order valence-corrected chi connectivity index (χ1v) is 10.2. The number of methoxy groups -OCH3 is 3. The van der Waals surface area contributed by atoms with E-state index in [-0.39, 0.29) is 19.6 Å². The second-order valence-electron chi connectivity index (χ2n) is 7.24. The van der Waals surface area contributed by atoms with Crippen LogP contribution < -0.4 is 4.74 Å². The zero-order chi connectivity index (χ0) is 23.9. The van der Waals surface area contributed by atoms with Crippen LogP contribution >= 0.6 is 0 Å². The van der Waals surface area contributed by atoms with E-state index in [1.165, 1.54) is 27.4 Å². The summed E-state index contributed by atoms with van der Waals surface area (Å²) in [5, 5.41) is 0. The molecular weight excluding hydrogens is 414 g/mol. The van der Waals surface area contributed by atoms with Gasteiger partial charge in [0.1, 0.15) is 17.2 Å². The van der Waals surface area contributed by atoms with Gasteiger partial charge >= 0.3 is 17.9 Å². The predicted molar refractivity (Wildman–Crippen MR) is 116 cm³/mol. The first-order valence-electron chi connectivity index (χ1n) is 10.2. The molecule has 0 aromatic heterocycles. The number of nitrogens with zero attached hydrogens (tertiary/aromatic N) is 1. The van der Waals surface area contributed by atoms with Gasteiger partial charge in [0.15, 0.2) is 0 Å². The van der Waals surface area contributed by atoms with Gasteiger partial charge in [-0.3, -0.25) is 14.5 Å². The molecule has 1 fully saturated rings. The number of benzene rings is 1. The number of carbonyl (C=O) groups excluding carboxylic acids is 3. The van der Waals surface area contributed by atoms with Crippen molar-refractivity contribution in [1.29, 1.82) is 0 Å². The van der Waals surface area contributed by atoms with Crippen LogP contribution in [0.15, 0.2) is 36.9 Å². The standard InChI is InChI=1S/C24H29NO7/c1-7-14-24(23(28)32-9-3)19(22(27)31-6)18(21(26)30-5)20(25(24)15-8-2)16-10-12-17(29-4)13-11-16/h2,7,10-13,18-20H,1,9,14-15H2,3-6H3/t18-,19-,20-,24-/m1/s1. The molecule has 1 aliphatic rings. The smallest absolute Gasteiger partial charge is 0.327 e. The van der Waals surface area contributed by atoms with Gasteiger partial charge in [0.2, 0.25) is 0 Å². The highest BCUT2D eigenvalue weighted by molar-refractivity contribution is 5.94. The van der Waals surface area contributed by atoms with E-state index >= 15 is 0 Å². The lowest BCUT2D eigenvalue weighted by atomic mass is 9.75. The molecule has 8 heteroatoms. The molecule has 0 saturated carbocycles. The molecule has 1 aromatic carbocycles. The Kier molecular flexibility index (Phi) is 8.44. The molecule has 2 rings (SSSR count). The summed E-state index contributed by atoms with van der Waals surface area (Å²) in [6.45, 7) is 5.46. The van der Waals surface area contributed by atoms with Crippen LogP contribution in [0.5, 0.6) is 5.75 Å². The fraction of sp³-hybridized carbons (Fsp3) is 0.458. The molecule has 0 radical (unpaired) electrons. The highest BCUT2D eigenvalue weighted by atomic mass is 16.5. The molecule has 0 amide bonds. The topological polar surface area (TPSA) is 91.4 Å². The first kappa shape index (κ1) is 25.0. The Morgan fingerprint density at radius 3 is 2.25 bits per heavy atom. The Morgan fingerprint density at radius 2 is 1.78 bits per heavy atom. The van der Waals surface area contributed by atoms with Gasteiger partial charge in [0, 0.05) is 0 Å². The normalized spacial score (nSPS) is 24.8. The van der Waals surface area contributed by atoms with Crippen molar-refractivity contribution >= 4 is 17.9 Å². The summed E-state index contributed by atoms with van der Waals surface area (Å²) in [5.74, 6) is -1.26. The number of hydrogen-bond donors (Lipinski definition) is 0. The van der Waals surface area contributed by atoms with Crippen molar-refractivity contribution in [3.8, 4) is 18.1 Å². The quantitative estimate of drug-likeness (QED) is 0.248. The largest absolute Gasteiger partial charge is 0.497 e. The van der Waals surface area contributed by atoms with Crippen molar-refractivity contribution in [3.05, 3.63) is 42.5 Å². The van der Waals surface area contributed by atoms with Crippen molar-refractivity contribution < 1.29 is 33.3 Å². The minimum atomic E-state index is -1.61. The minimum Gasteiger partial charge on any atom is -0.497 e. The Bertz CT molecular complexity index is 889. The molecule has 0 spiro atoms. The maximum atomic E-state index is 13.4. The summed E-state index contributed by atoms with van der Waals surface area (Å²) in [6, 6.07) is 6.20. The molecule has 0 unspecified atom stereocenters. The second-order valence-corrected chi connectivity index (χ2v) is 7.24. The number of rotatable bonds is 9. The third kappa shape index (κ3) is 4.21. The Hall–Kier alpha value is -3.31. The van der Waals surface area contributed by atoms with Gasteiger partial charge < -0.3 is 18.9 Å². The van der Waals surface area contributed by atoms with E-state index < -0.39 is 41.3 Å². The average Bonchev–Trinajstić information content (AvgIpc) is 3.09. The summed E-state index contributed by atoms with van der Waals surface area (Å²) in [7, 11) is 3.97. The summed E-state index contributed by atoms with van der Waals surface area (Å²) in [5.41, 5.74) is -0.957. The Morgan fingerprint density at radius 1 is 1.16 bits per heavy atom. The number of hydrogen-bond acceptors (Lipinski definition) is 8. The molecule has 1 heterocycles. The van der Waals surface area contributed by atoms with Crippen LogP contribution in [0, 0.1) is 24.2 Å². The van der Waals surface area contributed by atoms with Gasteiger partial charge in [-0.1, -0.05) is 24.1 Å². The highest BCUT2D eigenvalue weighted by Gasteiger charge is 2.68. The van der Waals surface area contributed by atoms with Gasteiger partial charge in [0.05, 0.1) is 46.4 Å². The summed E-state index contributed by atoms with van der Waals surface area (Å²) in [4.78, 5) is 41.3. The predicted octanol–water partition coefficient (Wildman–Crippen LogP) is 2.14. The number of ether oxygens (including phenoxy) is 4. The van der Waals surface area contributed by atoms with Gasteiger partial charge in [-0.15, -0.1) is 13.0 Å². The molecule has 0 bridgehead atoms. The van der Waals surface area contributed by atoms with E-state index in [0.29, 0.717) is 11.3 Å². The van der Waals surface area contributed by atoms with E-state index in [1.54, 1.807) is 36.1 Å². The second kappa shape index (κ2) is 10.8. The van der Waals surface area contributed by atoms with E-state index in [4.69, 9.17) is 25.4 Å². The summed E-state index contributed by atoms with van der Waals surface area (Å²) >= 11 is 0. The lowest BCUT2D eigenvalue weighted by Crippen LogP contribution is -2.57. The van der Waals surface area contributed by atoms with Gasteiger partial charge in [-0.25, -0.2) is 4.79 Å². The van der Waals surface area contributed by atoms with Crippen molar-refractivity contribution in [2.45, 2.75) is 24.9 Å². The van der Waals surface area contributed by atoms with Crippen LogP contribution in [0.4, 0.5) is 0 Å². The first-order chi connectivity index (χ1) is 15.4. The molecule has 0 aliphatic carbocycles. The van der Waals surface area contributed by atoms with Crippen LogP contribution in [-0.4, -0.2) is 62.8 Å². The fourth-order valence-electron chi connectivity index (χ4n) is 4.54. The zero-order valence-corrected chi connectivity index (χ0v) is 18.8. The third-order valence-corrected chi connectivity index (χ3v) is 5.79. The van der Waals surface area contributed by atoms with E-state index in [2.05, 4.69) is 12.5 Å². The molecular formula is C24H29NO7. The van der Waals surface area contributed by atoms with Gasteiger partial charge in [0.25, 0.3) is 0 Å². The Balaban J connectivity index is 2.88. The number of esters is 3. The maximum Gasteiger partial charge on any atom is 0.327 e. The highest BCUT2D eigenvalue weighted by Crippen LogP contribution is 2.54. The van der Waals surface area contributed by atoms with Crippen LogP contribution in [0.2, 0.25) is 0 Å². The SMILES string of the molecule is C#CCN1[C@H](c2ccc(OC)cc2)[C@H](C(=O)OC)[C@H](C(=O)OC)[C@]1(CC=C)C(=O)OCC. The monoisotopic (exact) mass is 443 g/mol. The molecule has 32 heavy (non-hydrogen) atoms. The van der Waals surface area contributed by atoms with E-state index in [0.717, 1.165) is 0 Å². The van der Waals surface area contributed by atoms with Crippen LogP contribution in [-0.2, 0) is 28.6 Å². The lowest BCUT2D eigenvalue weighted by molar-refractivity contribution is -0.168. The molecule has 172 valence electrons. The number of likely N-dealkylation sites (tertiary alicyclic amines) is 1. The molecule has 1 aromatic rings. The van der Waals surface area contributed by atoms with E-state index in [1.807, 2.05) is 0 Å². The van der Waals surface area contributed by atoms with Gasteiger partial charge in [-0.05, 0) is 31.0 Å². The van der Waals surface area contributed by atoms with Gasteiger partial charge in [-0.2, -0.15) is 0 Å². The summed E-state index contributed by atoms with van der Waals surface area (Å²) in [6.07, 6.45) is 7.18. The fourth-order valence-corrected chi connectivity index (χ4v) is 4.54. The van der Waals surface area contributed by atoms with Crippen molar-refractivity contribution in [1.82, 2.24) is 4.90 Å². The van der Waals surface area contributed by atoms with Crippen LogP contribution in [0.3, 0.4) is 0 Å². The van der Waals surface area contributed by atoms with Crippen LogP contribution in [0.25, 0.3) is 0 Å². The molecule has 8 nitrogen and oxygen atoms in total. The van der Waals surface area contributed by atoms with Crippen molar-refractivity contribution in [3.63, 3.8) is 0 Å². The van der Waals surface area contributed by atoms with E-state index in [9.17, 15) is 14.4 Å². The lowest BCUT2D eigenvalue weighted by Gasteiger charge is -2.39. The molecule has 4 atom stereocenters. The molecule has 1 aliphatic heterocycles. The zero-order valence-electron chi connectivity index (χ0n) is 18.8. The van der Waals surface area contributed by atoms with Crippen molar-refractivity contribution in [2.75, 3.05) is 34.5 Å². The summed E-state index contributed by atoms with van der Waals surface area (Å²) < 4.78 is 20.7. The number of carbonyl (C=O) groups is 3. The van der Waals surface area contributed by atoms with Crippen LogP contribution in [0.1, 0.15) is 24.9 Å².